The number of hydrogen-bond donors (Lipinski definition) is 0. The minimum Gasteiger partial charge on any atom is -0.0620 e. The van der Waals surface area contributed by atoms with Crippen molar-refractivity contribution in [2.75, 3.05) is 0 Å². The lowest BCUT2D eigenvalue weighted by Crippen LogP contribution is -2.23. The molecule has 2 aliphatic carbocycles. The van der Waals surface area contributed by atoms with Gasteiger partial charge in [-0.1, -0.05) is 62.4 Å². The van der Waals surface area contributed by atoms with Crippen molar-refractivity contribution in [3.63, 3.8) is 0 Å². The third-order valence-corrected chi connectivity index (χ3v) is 7.08. The molecule has 0 aromatic heterocycles. The Morgan fingerprint density at radius 2 is 1.35 bits per heavy atom. The molecule has 0 heteroatoms. The van der Waals surface area contributed by atoms with Crippen LogP contribution >= 0.6 is 0 Å². The average molecular weight is 300 g/mol. The Bertz CT molecular complexity index is 835. The van der Waals surface area contributed by atoms with Crippen LogP contribution in [0.4, 0.5) is 0 Å². The summed E-state index contributed by atoms with van der Waals surface area (Å²) in [5, 5.41) is 5.79. The van der Waals surface area contributed by atoms with E-state index in [9.17, 15) is 0 Å². The topological polar surface area (TPSA) is 0 Å². The molecule has 0 saturated heterocycles. The van der Waals surface area contributed by atoms with E-state index >= 15 is 0 Å². The largest absolute Gasteiger partial charge is 0.0620 e. The van der Waals surface area contributed by atoms with Crippen molar-refractivity contribution >= 4 is 21.5 Å². The Morgan fingerprint density at radius 3 is 1.91 bits per heavy atom. The number of benzene rings is 3. The predicted molar refractivity (Wildman–Crippen MR) is 98.7 cm³/mol. The lowest BCUT2D eigenvalue weighted by molar-refractivity contribution is 0.234. The van der Waals surface area contributed by atoms with Gasteiger partial charge in [0, 0.05) is 0 Å². The molecular formula is C23H24. The zero-order chi connectivity index (χ0) is 15.6. The fourth-order valence-electron chi connectivity index (χ4n) is 5.72. The smallest absolute Gasteiger partial charge is 0.0116 e. The summed E-state index contributed by atoms with van der Waals surface area (Å²) in [7, 11) is 0. The van der Waals surface area contributed by atoms with Gasteiger partial charge < -0.3 is 0 Å². The second-order valence-electron chi connectivity index (χ2n) is 7.95. The predicted octanol–water partition coefficient (Wildman–Crippen LogP) is 6.39. The van der Waals surface area contributed by atoms with Crippen molar-refractivity contribution in [2.45, 2.75) is 32.6 Å². The molecule has 2 saturated carbocycles. The summed E-state index contributed by atoms with van der Waals surface area (Å²) in [6.07, 6.45) is 2.85. The molecule has 2 bridgehead atoms. The van der Waals surface area contributed by atoms with Gasteiger partial charge in [0.05, 0.1) is 0 Å². The van der Waals surface area contributed by atoms with Crippen molar-refractivity contribution in [3.8, 4) is 0 Å². The van der Waals surface area contributed by atoms with Crippen LogP contribution in [0, 0.1) is 23.7 Å². The van der Waals surface area contributed by atoms with E-state index in [0.29, 0.717) is 0 Å². The van der Waals surface area contributed by atoms with Crippen molar-refractivity contribution < 1.29 is 0 Å². The Kier molecular flexibility index (Phi) is 2.86. The van der Waals surface area contributed by atoms with Gasteiger partial charge in [-0.3, -0.25) is 0 Å². The minimum atomic E-state index is 0.752. The van der Waals surface area contributed by atoms with Gasteiger partial charge >= 0.3 is 0 Å². The third-order valence-electron chi connectivity index (χ3n) is 7.08. The highest BCUT2D eigenvalue weighted by atomic mass is 14.5. The summed E-state index contributed by atoms with van der Waals surface area (Å²) in [5.41, 5.74) is 1.64. The molecule has 0 radical (unpaired) electrons. The molecule has 3 aromatic rings. The van der Waals surface area contributed by atoms with Crippen LogP contribution < -0.4 is 0 Å². The first-order valence-electron chi connectivity index (χ1n) is 9.14. The Labute approximate surface area is 138 Å². The maximum atomic E-state index is 2.49. The molecule has 116 valence electrons. The molecule has 2 aliphatic rings. The molecule has 0 nitrogen and oxygen atoms in total. The number of hydrogen-bond acceptors (Lipinski definition) is 0. The summed E-state index contributed by atoms with van der Waals surface area (Å²) in [6, 6.07) is 20.4. The normalized spacial score (nSPS) is 32.9. The van der Waals surface area contributed by atoms with E-state index in [1.165, 1.54) is 34.4 Å². The van der Waals surface area contributed by atoms with E-state index in [0.717, 1.165) is 29.6 Å². The summed E-state index contributed by atoms with van der Waals surface area (Å²) in [6.45, 7) is 4.97. The maximum absolute atomic E-state index is 2.49. The third kappa shape index (κ3) is 1.84. The molecule has 23 heavy (non-hydrogen) atoms. The molecule has 0 N–H and O–H groups in total. The van der Waals surface area contributed by atoms with E-state index in [-0.39, 0.29) is 0 Å². The fourth-order valence-corrected chi connectivity index (χ4v) is 5.72. The Balaban J connectivity index is 1.79. The first-order chi connectivity index (χ1) is 11.2. The molecule has 0 spiro atoms. The summed E-state index contributed by atoms with van der Waals surface area (Å²) in [5.74, 6) is 4.36. The highest BCUT2D eigenvalue weighted by Crippen LogP contribution is 2.59. The van der Waals surface area contributed by atoms with E-state index < -0.39 is 0 Å². The van der Waals surface area contributed by atoms with Crippen LogP contribution in [0.25, 0.3) is 21.5 Å². The van der Waals surface area contributed by atoms with Gasteiger partial charge in [-0.25, -0.2) is 0 Å². The van der Waals surface area contributed by atoms with Gasteiger partial charge in [0.2, 0.25) is 0 Å². The molecule has 5 rings (SSSR count). The second kappa shape index (κ2) is 4.84. The van der Waals surface area contributed by atoms with Crippen LogP contribution in [0.2, 0.25) is 0 Å². The van der Waals surface area contributed by atoms with Gasteiger partial charge in [0.25, 0.3) is 0 Å². The number of rotatable bonds is 1. The fraction of sp³-hybridized carbons (Fsp3) is 0.391. The molecule has 0 aliphatic heterocycles. The van der Waals surface area contributed by atoms with Gasteiger partial charge in [-0.15, -0.1) is 0 Å². The van der Waals surface area contributed by atoms with Gasteiger partial charge in [0.15, 0.2) is 0 Å². The molecule has 0 heterocycles. The molecular weight excluding hydrogens is 276 g/mol. The summed E-state index contributed by atoms with van der Waals surface area (Å²) < 4.78 is 0. The van der Waals surface area contributed by atoms with Crippen LogP contribution in [0.3, 0.4) is 0 Å². The van der Waals surface area contributed by atoms with Crippen molar-refractivity contribution in [1.82, 2.24) is 0 Å². The zero-order valence-electron chi connectivity index (χ0n) is 14.0. The quantitative estimate of drug-likeness (QED) is 0.457. The lowest BCUT2D eigenvalue weighted by Gasteiger charge is -2.33. The average Bonchev–Trinajstić information content (AvgIpc) is 3.13. The first kappa shape index (κ1) is 13.6. The molecule has 2 fully saturated rings. The van der Waals surface area contributed by atoms with Gasteiger partial charge in [-0.05, 0) is 75.6 Å². The van der Waals surface area contributed by atoms with Crippen molar-refractivity contribution in [1.29, 1.82) is 0 Å². The SMILES string of the molecule is CC1C(C)[C@@H]2C[C@H]1C[C@H]2c1c2ccccc2cc2ccccc12. The van der Waals surface area contributed by atoms with E-state index in [2.05, 4.69) is 68.4 Å². The molecule has 0 amide bonds. The first-order valence-corrected chi connectivity index (χ1v) is 9.14. The standard InChI is InChI=1S/C23H24/c1-14-15(2)21-12-18(14)13-22(21)23-19-9-5-3-7-16(19)11-17-8-4-6-10-20(17)23/h3-11,14-15,18,21-22H,12-13H2,1-2H3/t14?,15?,18-,21-,22+/m0/s1. The van der Waals surface area contributed by atoms with Crippen molar-refractivity contribution in [3.05, 3.63) is 60.2 Å². The van der Waals surface area contributed by atoms with Crippen LogP contribution in [0.5, 0.6) is 0 Å². The van der Waals surface area contributed by atoms with Crippen molar-refractivity contribution in [2.24, 2.45) is 23.7 Å². The molecule has 2 unspecified atom stereocenters. The van der Waals surface area contributed by atoms with Crippen LogP contribution in [-0.2, 0) is 0 Å². The molecule has 5 atom stereocenters. The van der Waals surface area contributed by atoms with Crippen LogP contribution in [0.1, 0.15) is 38.2 Å². The van der Waals surface area contributed by atoms with Gasteiger partial charge in [0.1, 0.15) is 0 Å². The highest BCUT2D eigenvalue weighted by molar-refractivity contribution is 6.02. The van der Waals surface area contributed by atoms with E-state index in [4.69, 9.17) is 0 Å². The highest BCUT2D eigenvalue weighted by Gasteiger charge is 2.49. The van der Waals surface area contributed by atoms with Gasteiger partial charge in [-0.2, -0.15) is 0 Å². The van der Waals surface area contributed by atoms with Crippen LogP contribution in [0.15, 0.2) is 54.6 Å². The number of fused-ring (bicyclic) bond motifs is 4. The monoisotopic (exact) mass is 300 g/mol. The second-order valence-corrected chi connectivity index (χ2v) is 7.95. The van der Waals surface area contributed by atoms with E-state index in [1.54, 1.807) is 5.56 Å². The Morgan fingerprint density at radius 1 is 0.739 bits per heavy atom. The minimum absolute atomic E-state index is 0.752. The summed E-state index contributed by atoms with van der Waals surface area (Å²) in [4.78, 5) is 0. The lowest BCUT2D eigenvalue weighted by atomic mass is 9.71. The molecule has 3 aromatic carbocycles. The van der Waals surface area contributed by atoms with E-state index in [1.807, 2.05) is 0 Å². The summed E-state index contributed by atoms with van der Waals surface area (Å²) >= 11 is 0. The Hall–Kier alpha value is -1.82. The zero-order valence-corrected chi connectivity index (χ0v) is 14.0. The maximum Gasteiger partial charge on any atom is -0.0116 e. The van der Waals surface area contributed by atoms with Crippen LogP contribution in [-0.4, -0.2) is 0 Å².